The number of carbonyl (C=O) groups excluding carboxylic acids is 1. The van der Waals surface area contributed by atoms with Crippen LogP contribution in [-0.4, -0.2) is 43.4 Å². The summed E-state index contributed by atoms with van der Waals surface area (Å²) in [4.78, 5) is 14.9. The van der Waals surface area contributed by atoms with Gasteiger partial charge in [0, 0.05) is 22.6 Å². The van der Waals surface area contributed by atoms with Crippen molar-refractivity contribution < 1.29 is 22.7 Å². The van der Waals surface area contributed by atoms with Crippen LogP contribution < -0.4 is 9.47 Å². The molecule has 0 saturated carbocycles. The first-order valence-electron chi connectivity index (χ1n) is 9.43. The zero-order chi connectivity index (χ0) is 21.0. The molecule has 3 heterocycles. The fourth-order valence-electron chi connectivity index (χ4n) is 4.03. The minimum absolute atomic E-state index is 0.0982. The largest absolute Gasteiger partial charge is 0.478 e. The molecule has 1 atom stereocenters. The van der Waals surface area contributed by atoms with E-state index in [0.29, 0.717) is 52.4 Å². The average molecular weight is 466 g/mol. The third-order valence-corrected chi connectivity index (χ3v) is 7.93. The maximum absolute atomic E-state index is 12.9. The summed E-state index contributed by atoms with van der Waals surface area (Å²) >= 11 is 12.2. The van der Waals surface area contributed by atoms with Crippen LogP contribution >= 0.6 is 23.2 Å². The van der Waals surface area contributed by atoms with Crippen molar-refractivity contribution in [3.05, 3.63) is 62.8 Å². The maximum Gasteiger partial charge on any atom is 0.231 e. The molecule has 2 aromatic carbocycles. The molecular formula is C21H17Cl2NO5S. The van der Waals surface area contributed by atoms with Gasteiger partial charge in [0.1, 0.15) is 18.2 Å². The molecule has 3 aliphatic heterocycles. The van der Waals surface area contributed by atoms with E-state index in [9.17, 15) is 13.2 Å². The van der Waals surface area contributed by atoms with Gasteiger partial charge in [-0.1, -0.05) is 29.3 Å². The Morgan fingerprint density at radius 3 is 2.73 bits per heavy atom. The lowest BCUT2D eigenvalue weighted by Crippen LogP contribution is -2.41. The Kier molecular flexibility index (Phi) is 4.82. The Bertz CT molecular complexity index is 1210. The van der Waals surface area contributed by atoms with Crippen molar-refractivity contribution in [2.24, 2.45) is 0 Å². The highest BCUT2D eigenvalue weighted by atomic mass is 35.5. The summed E-state index contributed by atoms with van der Waals surface area (Å²) in [6.45, 7) is 0.768. The number of benzene rings is 2. The number of sulfone groups is 1. The Balaban J connectivity index is 1.46. The van der Waals surface area contributed by atoms with Crippen molar-refractivity contribution in [2.45, 2.75) is 19.0 Å². The van der Waals surface area contributed by atoms with Crippen molar-refractivity contribution in [3.8, 4) is 11.5 Å². The van der Waals surface area contributed by atoms with Gasteiger partial charge in [0.15, 0.2) is 15.6 Å². The summed E-state index contributed by atoms with van der Waals surface area (Å²) < 4.78 is 35.5. The van der Waals surface area contributed by atoms with Crippen LogP contribution in [0.4, 0.5) is 0 Å². The molecule has 0 amide bonds. The van der Waals surface area contributed by atoms with Gasteiger partial charge in [-0.2, -0.15) is 0 Å². The van der Waals surface area contributed by atoms with Gasteiger partial charge in [-0.3, -0.25) is 9.69 Å². The lowest BCUT2D eigenvalue weighted by atomic mass is 10.0. The van der Waals surface area contributed by atoms with E-state index in [1.807, 2.05) is 4.90 Å². The highest BCUT2D eigenvalue weighted by molar-refractivity contribution is 7.91. The number of nitrogens with zero attached hydrogens (tertiary/aromatic N) is 1. The molecule has 1 unspecified atom stereocenters. The standard InChI is InChI=1S/C21H17Cl2NO5S/c22-13-2-1-12(17(23)8-13)7-19-20(25)15-3-4-18-16(21(15)29-19)9-24(11-28-18)14-5-6-30(26,27)10-14/h1-4,7-8,14H,5-6,9-11H2/b19-7+. The number of carbonyl (C=O) groups is 1. The van der Waals surface area contributed by atoms with Crippen molar-refractivity contribution in [1.82, 2.24) is 4.90 Å². The van der Waals surface area contributed by atoms with E-state index in [2.05, 4.69) is 0 Å². The van der Waals surface area contributed by atoms with Gasteiger partial charge >= 0.3 is 0 Å². The molecule has 0 bridgehead atoms. The van der Waals surface area contributed by atoms with E-state index >= 15 is 0 Å². The third kappa shape index (κ3) is 3.50. The SMILES string of the molecule is O=C1/C(=C\c2ccc(Cl)cc2Cl)Oc2c1ccc1c2CN(C2CCS(=O)(=O)C2)CO1. The van der Waals surface area contributed by atoms with Crippen molar-refractivity contribution >= 4 is 44.9 Å². The number of hydrogen-bond donors (Lipinski definition) is 0. The van der Waals surface area contributed by atoms with Gasteiger partial charge in [0.2, 0.25) is 5.78 Å². The van der Waals surface area contributed by atoms with Crippen molar-refractivity contribution in [3.63, 3.8) is 0 Å². The molecule has 156 valence electrons. The molecule has 0 spiro atoms. The topological polar surface area (TPSA) is 72.9 Å². The molecule has 1 fully saturated rings. The molecule has 0 aliphatic carbocycles. The second-order valence-electron chi connectivity index (χ2n) is 7.60. The molecular weight excluding hydrogens is 449 g/mol. The normalized spacial score (nSPS) is 23.7. The van der Waals surface area contributed by atoms with Crippen LogP contribution in [0.5, 0.6) is 11.5 Å². The molecule has 9 heteroatoms. The summed E-state index contributed by atoms with van der Waals surface area (Å²) in [5.41, 5.74) is 1.83. The number of allylic oxidation sites excluding steroid dienone is 1. The average Bonchev–Trinajstić information content (AvgIpc) is 3.23. The van der Waals surface area contributed by atoms with Gasteiger partial charge < -0.3 is 9.47 Å². The van der Waals surface area contributed by atoms with E-state index in [4.69, 9.17) is 32.7 Å². The van der Waals surface area contributed by atoms with Crippen molar-refractivity contribution in [2.75, 3.05) is 18.2 Å². The van der Waals surface area contributed by atoms with E-state index < -0.39 is 9.84 Å². The lowest BCUT2D eigenvalue weighted by molar-refractivity contribution is 0.0634. The molecule has 3 aliphatic rings. The second-order valence-corrected chi connectivity index (χ2v) is 10.7. The summed E-state index contributed by atoms with van der Waals surface area (Å²) in [5.74, 6) is 1.35. The first-order chi connectivity index (χ1) is 14.3. The summed E-state index contributed by atoms with van der Waals surface area (Å²) in [5, 5.41) is 0.922. The minimum atomic E-state index is -3.01. The van der Waals surface area contributed by atoms with Gasteiger partial charge in [-0.25, -0.2) is 8.42 Å². The quantitative estimate of drug-likeness (QED) is 0.625. The Morgan fingerprint density at radius 2 is 2.00 bits per heavy atom. The number of halogens is 2. The first kappa shape index (κ1) is 19.9. The van der Waals surface area contributed by atoms with Crippen LogP contribution in [0.1, 0.15) is 27.9 Å². The monoisotopic (exact) mass is 465 g/mol. The lowest BCUT2D eigenvalue weighted by Gasteiger charge is -2.33. The molecule has 5 rings (SSSR count). The molecule has 1 saturated heterocycles. The number of rotatable bonds is 2. The third-order valence-electron chi connectivity index (χ3n) is 5.62. The van der Waals surface area contributed by atoms with E-state index in [1.54, 1.807) is 36.4 Å². The Morgan fingerprint density at radius 1 is 1.17 bits per heavy atom. The predicted molar refractivity (Wildman–Crippen MR) is 114 cm³/mol. The molecule has 0 radical (unpaired) electrons. The number of ether oxygens (including phenoxy) is 2. The fraction of sp³-hybridized carbons (Fsp3) is 0.286. The summed E-state index contributed by atoms with van der Waals surface area (Å²) in [6, 6.07) is 8.37. The van der Waals surface area contributed by atoms with Crippen LogP contribution in [0.2, 0.25) is 10.0 Å². The van der Waals surface area contributed by atoms with Crippen LogP contribution in [0.15, 0.2) is 36.1 Å². The second kappa shape index (κ2) is 7.27. The van der Waals surface area contributed by atoms with Gasteiger partial charge in [-0.15, -0.1) is 0 Å². The number of Topliss-reactive ketones (excluding diaryl/α,β-unsaturated/α-hetero) is 1. The molecule has 2 aromatic rings. The van der Waals surface area contributed by atoms with Gasteiger partial charge in [0.25, 0.3) is 0 Å². The number of hydrogen-bond acceptors (Lipinski definition) is 6. The van der Waals surface area contributed by atoms with Crippen LogP contribution in [0.3, 0.4) is 0 Å². The zero-order valence-electron chi connectivity index (χ0n) is 15.7. The van der Waals surface area contributed by atoms with Gasteiger partial charge in [-0.05, 0) is 42.3 Å². The minimum Gasteiger partial charge on any atom is -0.478 e. The molecule has 0 aromatic heterocycles. The van der Waals surface area contributed by atoms with E-state index in [-0.39, 0.29) is 29.1 Å². The maximum atomic E-state index is 12.9. The van der Waals surface area contributed by atoms with Crippen LogP contribution in [0, 0.1) is 0 Å². The van der Waals surface area contributed by atoms with Gasteiger partial charge in [0.05, 0.1) is 22.6 Å². The molecule has 30 heavy (non-hydrogen) atoms. The molecule has 6 nitrogen and oxygen atoms in total. The highest BCUT2D eigenvalue weighted by Gasteiger charge is 2.38. The van der Waals surface area contributed by atoms with Crippen LogP contribution in [-0.2, 0) is 16.4 Å². The Labute approximate surface area is 183 Å². The summed E-state index contributed by atoms with van der Waals surface area (Å²) in [6.07, 6.45) is 2.18. The van der Waals surface area contributed by atoms with E-state index in [1.165, 1.54) is 0 Å². The predicted octanol–water partition coefficient (Wildman–Crippen LogP) is 3.95. The zero-order valence-corrected chi connectivity index (χ0v) is 18.1. The smallest absolute Gasteiger partial charge is 0.231 e. The molecule has 0 N–H and O–H groups in total. The van der Waals surface area contributed by atoms with E-state index in [0.717, 1.165) is 5.56 Å². The summed E-state index contributed by atoms with van der Waals surface area (Å²) in [7, 11) is -3.01. The first-order valence-corrected chi connectivity index (χ1v) is 12.0. The number of ketones is 1. The van der Waals surface area contributed by atoms with Crippen LogP contribution in [0.25, 0.3) is 6.08 Å². The number of fused-ring (bicyclic) bond motifs is 3. The Hall–Kier alpha value is -2.06. The van der Waals surface area contributed by atoms with Crippen molar-refractivity contribution in [1.29, 1.82) is 0 Å². The fourth-order valence-corrected chi connectivity index (χ4v) is 6.26. The highest BCUT2D eigenvalue weighted by Crippen LogP contribution is 2.43.